The minimum Gasteiger partial charge on any atom is -0.481 e. The number of oxime groups is 1. The summed E-state index contributed by atoms with van der Waals surface area (Å²) in [7, 11) is -3.12. The Hall–Kier alpha value is -1.62. The quantitative estimate of drug-likeness (QED) is 0.735. The molecule has 1 aliphatic rings. The van der Waals surface area contributed by atoms with Crippen LogP contribution in [0.3, 0.4) is 0 Å². The fourth-order valence-electron chi connectivity index (χ4n) is 2.00. The molecule has 0 saturated heterocycles. The zero-order valence-corrected chi connectivity index (χ0v) is 14.2. The van der Waals surface area contributed by atoms with Crippen molar-refractivity contribution in [3.63, 3.8) is 0 Å². The molecule has 0 radical (unpaired) electrons. The number of ether oxygens (including phenoxy) is 1. The molecule has 1 aromatic heterocycles. The van der Waals surface area contributed by atoms with Crippen molar-refractivity contribution < 1.29 is 31.2 Å². The van der Waals surface area contributed by atoms with Gasteiger partial charge in [-0.25, -0.2) is 18.4 Å². The van der Waals surface area contributed by atoms with Crippen LogP contribution in [0.2, 0.25) is 0 Å². The van der Waals surface area contributed by atoms with Crippen LogP contribution in [0.15, 0.2) is 11.5 Å². The minimum absolute atomic E-state index is 0.0267. The molecule has 0 spiro atoms. The molecule has 1 unspecified atom stereocenters. The zero-order valence-electron chi connectivity index (χ0n) is 12.6. The van der Waals surface area contributed by atoms with Crippen LogP contribution < -0.4 is 4.74 Å². The largest absolute Gasteiger partial charge is 0.481 e. The topological polar surface area (TPSA) is 90.7 Å². The lowest BCUT2D eigenvalue weighted by molar-refractivity contribution is -0.141. The number of hydrogen-bond donors (Lipinski definition) is 0. The molecule has 0 bridgehead atoms. The van der Waals surface area contributed by atoms with E-state index in [1.807, 2.05) is 0 Å². The number of halogens is 4. The molecule has 134 valence electrons. The van der Waals surface area contributed by atoms with E-state index in [4.69, 9.17) is 21.2 Å². The summed E-state index contributed by atoms with van der Waals surface area (Å²) < 4.78 is 68.8. The van der Waals surface area contributed by atoms with Crippen LogP contribution in [-0.2, 0) is 26.6 Å². The van der Waals surface area contributed by atoms with Gasteiger partial charge in [0.05, 0.1) is 24.3 Å². The van der Waals surface area contributed by atoms with Crippen molar-refractivity contribution in [3.05, 3.63) is 17.6 Å². The van der Waals surface area contributed by atoms with Crippen molar-refractivity contribution in [1.82, 2.24) is 9.97 Å². The molecule has 12 heteroatoms. The number of alkyl halides is 4. The smallest absolute Gasteiger partial charge is 0.433 e. The van der Waals surface area contributed by atoms with Gasteiger partial charge in [0, 0.05) is 6.42 Å². The predicted octanol–water partition coefficient (Wildman–Crippen LogP) is 2.15. The molecule has 0 fully saturated rings. The lowest BCUT2D eigenvalue weighted by Gasteiger charge is -2.17. The Balaban J connectivity index is 2.41. The molecular weight excluding hydrogens is 375 g/mol. The van der Waals surface area contributed by atoms with Crippen LogP contribution in [0, 0.1) is 0 Å². The summed E-state index contributed by atoms with van der Waals surface area (Å²) in [4.78, 5) is 11.7. The van der Waals surface area contributed by atoms with Crippen molar-refractivity contribution in [2.45, 2.75) is 30.9 Å². The SMILES string of the molecule is COc1ncnc(C(F)(F)F)c1CS(=O)(=O)C1=NOC(C)(CCl)C1. The van der Waals surface area contributed by atoms with Gasteiger partial charge in [-0.2, -0.15) is 13.2 Å². The Kier molecular flexibility index (Phi) is 4.96. The third-order valence-corrected chi connectivity index (χ3v) is 5.41. The van der Waals surface area contributed by atoms with E-state index in [2.05, 4.69) is 15.1 Å². The van der Waals surface area contributed by atoms with E-state index in [0.717, 1.165) is 7.11 Å². The Morgan fingerprint density at radius 2 is 2.08 bits per heavy atom. The number of rotatable bonds is 4. The molecule has 0 aliphatic carbocycles. The lowest BCUT2D eigenvalue weighted by atomic mass is 10.1. The molecule has 7 nitrogen and oxygen atoms in total. The van der Waals surface area contributed by atoms with Crippen LogP contribution in [0.5, 0.6) is 5.88 Å². The molecule has 2 rings (SSSR count). The van der Waals surface area contributed by atoms with E-state index in [1.165, 1.54) is 0 Å². The molecular formula is C12H13ClF3N3O4S. The molecule has 1 atom stereocenters. The summed E-state index contributed by atoms with van der Waals surface area (Å²) in [5, 5.41) is 3.07. The zero-order chi connectivity index (χ0) is 18.2. The van der Waals surface area contributed by atoms with Gasteiger partial charge in [0.1, 0.15) is 6.33 Å². The number of nitrogens with zero attached hydrogens (tertiary/aromatic N) is 3. The van der Waals surface area contributed by atoms with Crippen LogP contribution in [0.4, 0.5) is 13.2 Å². The first kappa shape index (κ1) is 18.7. The van der Waals surface area contributed by atoms with Gasteiger partial charge in [0.25, 0.3) is 0 Å². The molecule has 1 aliphatic heterocycles. The van der Waals surface area contributed by atoms with Gasteiger partial charge >= 0.3 is 6.18 Å². The molecule has 0 saturated carbocycles. The number of sulfone groups is 1. The second kappa shape index (κ2) is 6.36. The van der Waals surface area contributed by atoms with Crippen molar-refractivity contribution in [2.24, 2.45) is 5.16 Å². The van der Waals surface area contributed by atoms with Gasteiger partial charge in [0.15, 0.2) is 26.2 Å². The van der Waals surface area contributed by atoms with E-state index >= 15 is 0 Å². The number of hydrogen-bond acceptors (Lipinski definition) is 7. The molecule has 0 N–H and O–H groups in total. The third kappa shape index (κ3) is 3.72. The normalized spacial score (nSPS) is 21.3. The maximum absolute atomic E-state index is 13.1. The van der Waals surface area contributed by atoms with Gasteiger partial charge in [-0.1, -0.05) is 5.16 Å². The molecule has 1 aromatic rings. The fraction of sp³-hybridized carbons (Fsp3) is 0.583. The summed E-state index contributed by atoms with van der Waals surface area (Å²) in [6.45, 7) is 1.54. The second-order valence-corrected chi connectivity index (χ2v) is 7.56. The van der Waals surface area contributed by atoms with Crippen molar-refractivity contribution in [2.75, 3.05) is 13.0 Å². The first-order valence-electron chi connectivity index (χ1n) is 6.51. The molecule has 24 heavy (non-hydrogen) atoms. The van der Waals surface area contributed by atoms with Crippen LogP contribution in [0.25, 0.3) is 0 Å². The summed E-state index contributed by atoms with van der Waals surface area (Å²) in [6, 6.07) is 0. The summed E-state index contributed by atoms with van der Waals surface area (Å²) in [5.74, 6) is -1.52. The van der Waals surface area contributed by atoms with Gasteiger partial charge in [0.2, 0.25) is 5.88 Å². The first-order valence-corrected chi connectivity index (χ1v) is 8.70. The Morgan fingerprint density at radius 1 is 1.42 bits per heavy atom. The second-order valence-electron chi connectivity index (χ2n) is 5.30. The number of aromatic nitrogens is 2. The summed E-state index contributed by atoms with van der Waals surface area (Å²) in [5.41, 5.74) is -3.08. The molecule has 0 aromatic carbocycles. The number of methoxy groups -OCH3 is 1. The highest BCUT2D eigenvalue weighted by Crippen LogP contribution is 2.35. The highest BCUT2D eigenvalue weighted by molar-refractivity contribution is 8.05. The van der Waals surface area contributed by atoms with Crippen molar-refractivity contribution >= 4 is 26.5 Å². The van der Waals surface area contributed by atoms with Crippen molar-refractivity contribution in [1.29, 1.82) is 0 Å². The Morgan fingerprint density at radius 3 is 2.58 bits per heavy atom. The van der Waals surface area contributed by atoms with E-state index in [0.29, 0.717) is 6.33 Å². The monoisotopic (exact) mass is 387 g/mol. The van der Waals surface area contributed by atoms with E-state index in [1.54, 1.807) is 6.92 Å². The molecule has 2 heterocycles. The summed E-state index contributed by atoms with van der Waals surface area (Å²) >= 11 is 5.68. The van der Waals surface area contributed by atoms with E-state index < -0.39 is 44.5 Å². The highest BCUT2D eigenvalue weighted by atomic mass is 35.5. The maximum atomic E-state index is 13.1. The van der Waals surface area contributed by atoms with Crippen LogP contribution in [-0.4, -0.2) is 42.0 Å². The first-order chi connectivity index (χ1) is 11.0. The summed E-state index contributed by atoms with van der Waals surface area (Å²) in [6.07, 6.45) is -4.35. The van der Waals surface area contributed by atoms with Gasteiger partial charge < -0.3 is 9.57 Å². The van der Waals surface area contributed by atoms with Crippen LogP contribution in [0.1, 0.15) is 24.6 Å². The van der Waals surface area contributed by atoms with Gasteiger partial charge in [-0.05, 0) is 6.92 Å². The third-order valence-electron chi connectivity index (χ3n) is 3.24. The lowest BCUT2D eigenvalue weighted by Crippen LogP contribution is -2.29. The average Bonchev–Trinajstić information content (AvgIpc) is 2.90. The van der Waals surface area contributed by atoms with Gasteiger partial charge in [-0.15, -0.1) is 11.6 Å². The predicted molar refractivity (Wildman–Crippen MR) is 78.5 cm³/mol. The van der Waals surface area contributed by atoms with E-state index in [9.17, 15) is 21.6 Å². The van der Waals surface area contributed by atoms with Crippen molar-refractivity contribution in [3.8, 4) is 5.88 Å². The highest BCUT2D eigenvalue weighted by Gasteiger charge is 2.42. The fourth-order valence-corrected chi connectivity index (χ4v) is 3.63. The Bertz CT molecular complexity index is 769. The molecule has 0 amide bonds. The van der Waals surface area contributed by atoms with Crippen LogP contribution >= 0.6 is 11.6 Å². The maximum Gasteiger partial charge on any atom is 0.433 e. The standard InChI is InChI=1S/C12H13ClF3N3O4S/c1-11(5-13)3-8(19-23-11)24(20,21)4-7-9(12(14,15)16)17-6-18-10(7)22-2/h6H,3-5H2,1-2H3. The Labute approximate surface area is 140 Å². The average molecular weight is 388 g/mol. The minimum atomic E-state index is -4.86. The van der Waals surface area contributed by atoms with E-state index in [-0.39, 0.29) is 17.3 Å². The van der Waals surface area contributed by atoms with Gasteiger partial charge in [-0.3, -0.25) is 0 Å².